The third kappa shape index (κ3) is 25.5. The zero-order chi connectivity index (χ0) is 44.0. The van der Waals surface area contributed by atoms with Crippen LogP contribution in [-0.4, -0.2) is 64.4 Å². The number of aliphatic hydroxyl groups excluding tert-OH is 2. The van der Waals surface area contributed by atoms with Crippen LogP contribution in [-0.2, 0) is 28.6 Å². The van der Waals surface area contributed by atoms with Crippen LogP contribution in [0.3, 0.4) is 0 Å². The van der Waals surface area contributed by atoms with Crippen LogP contribution in [0, 0.1) is 5.92 Å². The Morgan fingerprint density at radius 1 is 0.627 bits per heavy atom. The van der Waals surface area contributed by atoms with Gasteiger partial charge in [-0.15, -0.1) is 0 Å². The molecule has 5 atom stereocenters. The molecular formula is C50H72O9. The molecule has 5 unspecified atom stereocenters. The molecule has 1 fully saturated rings. The minimum absolute atomic E-state index is 0.168. The summed E-state index contributed by atoms with van der Waals surface area (Å²) in [5.41, 5.74) is 4.65. The summed E-state index contributed by atoms with van der Waals surface area (Å²) in [7, 11) is 0. The Hall–Kier alpha value is -4.57. The van der Waals surface area contributed by atoms with Gasteiger partial charge >= 0.3 is 17.9 Å². The number of allylic oxidation sites excluding steroid dienone is 20. The standard InChI is InChI=1S/C50H72O9/c1-9-37(2)24-16-14-12-10-11-13-15-17-35-45(52)58-47-46(53)44(51)36-57-50(47)59-49(56)43(8)34-23-32-41(6)30-21-28-39(4)26-19-18-25-38(3)27-20-29-40(5)31-22-33-42(7)48(54)55/h18-23,25-34,37,44,46-47,50-51,53H,9-17,24,35-36H2,1-8H3,(H,54,55). The Morgan fingerprint density at radius 3 is 1.56 bits per heavy atom. The summed E-state index contributed by atoms with van der Waals surface area (Å²) in [6.07, 6.45) is 36.1. The van der Waals surface area contributed by atoms with Gasteiger partial charge in [-0.1, -0.05) is 191 Å². The van der Waals surface area contributed by atoms with Gasteiger partial charge in [0.05, 0.1) is 6.61 Å². The number of carboxylic acid groups (broad SMARTS) is 1. The number of esters is 2. The summed E-state index contributed by atoms with van der Waals surface area (Å²) >= 11 is 0. The molecule has 1 saturated heterocycles. The van der Waals surface area contributed by atoms with Crippen LogP contribution < -0.4 is 0 Å². The first-order valence-corrected chi connectivity index (χ1v) is 21.2. The lowest BCUT2D eigenvalue weighted by Gasteiger charge is -2.36. The average Bonchev–Trinajstić information content (AvgIpc) is 3.19. The van der Waals surface area contributed by atoms with E-state index in [0.29, 0.717) is 6.42 Å². The monoisotopic (exact) mass is 817 g/mol. The van der Waals surface area contributed by atoms with E-state index in [0.717, 1.165) is 47.5 Å². The lowest BCUT2D eigenvalue weighted by molar-refractivity contribution is -0.267. The van der Waals surface area contributed by atoms with E-state index in [1.54, 1.807) is 38.2 Å². The Bertz CT molecular complexity index is 1640. The maximum atomic E-state index is 12.9. The highest BCUT2D eigenvalue weighted by Crippen LogP contribution is 2.22. The lowest BCUT2D eigenvalue weighted by atomic mass is 9.99. The van der Waals surface area contributed by atoms with Crippen molar-refractivity contribution in [2.24, 2.45) is 5.92 Å². The van der Waals surface area contributed by atoms with Crippen molar-refractivity contribution in [1.82, 2.24) is 0 Å². The van der Waals surface area contributed by atoms with Gasteiger partial charge in [0.2, 0.25) is 6.29 Å². The number of carboxylic acids is 1. The maximum absolute atomic E-state index is 12.9. The molecule has 0 amide bonds. The quantitative estimate of drug-likeness (QED) is 0.0337. The number of carbonyl (C=O) groups excluding carboxylic acids is 2. The van der Waals surface area contributed by atoms with Gasteiger partial charge in [-0.2, -0.15) is 0 Å². The molecule has 9 heteroatoms. The molecule has 0 bridgehead atoms. The predicted molar refractivity (Wildman–Crippen MR) is 239 cm³/mol. The molecule has 0 aromatic heterocycles. The van der Waals surface area contributed by atoms with Crippen molar-refractivity contribution >= 4 is 17.9 Å². The van der Waals surface area contributed by atoms with Crippen LogP contribution in [0.25, 0.3) is 0 Å². The molecule has 0 radical (unpaired) electrons. The van der Waals surface area contributed by atoms with E-state index in [-0.39, 0.29) is 24.2 Å². The third-order valence-corrected chi connectivity index (χ3v) is 9.78. The summed E-state index contributed by atoms with van der Waals surface area (Å²) in [5, 5.41) is 29.6. The van der Waals surface area contributed by atoms with Gasteiger partial charge in [-0.25, -0.2) is 9.59 Å². The molecule has 1 rings (SSSR count). The molecule has 326 valence electrons. The Labute approximate surface area is 354 Å². The Kier molecular flexibility index (Phi) is 27.9. The third-order valence-electron chi connectivity index (χ3n) is 9.78. The molecule has 59 heavy (non-hydrogen) atoms. The van der Waals surface area contributed by atoms with Crippen molar-refractivity contribution in [3.05, 3.63) is 131 Å². The van der Waals surface area contributed by atoms with Crippen molar-refractivity contribution in [2.75, 3.05) is 6.61 Å². The molecule has 0 spiro atoms. The first-order chi connectivity index (χ1) is 28.1. The van der Waals surface area contributed by atoms with Crippen molar-refractivity contribution in [2.45, 2.75) is 151 Å². The molecule has 0 saturated carbocycles. The van der Waals surface area contributed by atoms with E-state index in [1.165, 1.54) is 38.5 Å². The van der Waals surface area contributed by atoms with Crippen molar-refractivity contribution in [3.8, 4) is 0 Å². The zero-order valence-electron chi connectivity index (χ0n) is 36.9. The van der Waals surface area contributed by atoms with E-state index < -0.39 is 42.5 Å². The van der Waals surface area contributed by atoms with Crippen molar-refractivity contribution < 1.29 is 43.9 Å². The van der Waals surface area contributed by atoms with Gasteiger partial charge in [0.15, 0.2) is 6.10 Å². The van der Waals surface area contributed by atoms with Gasteiger partial charge in [-0.05, 0) is 53.9 Å². The van der Waals surface area contributed by atoms with Crippen LogP contribution in [0.5, 0.6) is 0 Å². The fourth-order valence-corrected chi connectivity index (χ4v) is 5.60. The van der Waals surface area contributed by atoms with Crippen LogP contribution >= 0.6 is 0 Å². The molecule has 1 aliphatic heterocycles. The number of ether oxygens (including phenoxy) is 3. The molecule has 3 N–H and O–H groups in total. The molecule has 1 heterocycles. The number of unbranched alkanes of at least 4 members (excludes halogenated alkanes) is 7. The van der Waals surface area contributed by atoms with E-state index in [2.05, 4.69) is 13.8 Å². The topological polar surface area (TPSA) is 140 Å². The second kappa shape index (κ2) is 31.4. The Morgan fingerprint density at radius 2 is 1.07 bits per heavy atom. The number of hydrogen-bond acceptors (Lipinski definition) is 8. The summed E-state index contributed by atoms with van der Waals surface area (Å²) in [6.45, 7) is 15.3. The van der Waals surface area contributed by atoms with Crippen LogP contribution in [0.15, 0.2) is 131 Å². The molecule has 0 aromatic carbocycles. The highest BCUT2D eigenvalue weighted by Gasteiger charge is 2.43. The molecular weight excluding hydrogens is 745 g/mol. The maximum Gasteiger partial charge on any atom is 0.336 e. The summed E-state index contributed by atoms with van der Waals surface area (Å²) < 4.78 is 16.4. The van der Waals surface area contributed by atoms with Crippen molar-refractivity contribution in [1.29, 1.82) is 0 Å². The SMILES string of the molecule is CCC(C)CCCCCCCCCCC(=O)OC1C(OC(=O)C(C)=CC=CC(C)=CC=CC(C)=CC=CC=C(C)C=CC=C(C)C=CC=C(C)C(=O)O)OCC(O)C1O. The van der Waals surface area contributed by atoms with Gasteiger partial charge in [0.25, 0.3) is 0 Å². The smallest absolute Gasteiger partial charge is 0.336 e. The van der Waals surface area contributed by atoms with Gasteiger partial charge in [0, 0.05) is 17.6 Å². The van der Waals surface area contributed by atoms with E-state index >= 15 is 0 Å². The highest BCUT2D eigenvalue weighted by atomic mass is 16.7. The normalized spacial score (nSPS) is 21.1. The highest BCUT2D eigenvalue weighted by molar-refractivity contribution is 5.88. The van der Waals surface area contributed by atoms with Crippen molar-refractivity contribution in [3.63, 3.8) is 0 Å². The number of carbonyl (C=O) groups is 3. The Balaban J connectivity index is 2.58. The number of hydrogen-bond donors (Lipinski definition) is 3. The molecule has 9 nitrogen and oxygen atoms in total. The second-order valence-electron chi connectivity index (χ2n) is 15.5. The van der Waals surface area contributed by atoms with Crippen LogP contribution in [0.2, 0.25) is 0 Å². The van der Waals surface area contributed by atoms with Gasteiger partial charge in [0.1, 0.15) is 12.2 Å². The zero-order valence-corrected chi connectivity index (χ0v) is 36.9. The van der Waals surface area contributed by atoms with Crippen LogP contribution in [0.4, 0.5) is 0 Å². The molecule has 0 aromatic rings. The predicted octanol–water partition coefficient (Wildman–Crippen LogP) is 11.0. The number of aliphatic carboxylic acids is 1. The lowest BCUT2D eigenvalue weighted by Crippen LogP contribution is -2.56. The molecule has 0 aliphatic carbocycles. The second-order valence-corrected chi connectivity index (χ2v) is 15.5. The minimum atomic E-state index is -1.45. The average molecular weight is 817 g/mol. The fraction of sp³-hybridized carbons (Fsp3) is 0.500. The van der Waals surface area contributed by atoms with Gasteiger partial charge in [-0.3, -0.25) is 4.79 Å². The minimum Gasteiger partial charge on any atom is -0.478 e. The summed E-state index contributed by atoms with van der Waals surface area (Å²) in [6, 6.07) is 0. The van der Waals surface area contributed by atoms with Crippen LogP contribution in [0.1, 0.15) is 126 Å². The number of aliphatic hydroxyl groups is 2. The fourth-order valence-electron chi connectivity index (χ4n) is 5.60. The summed E-state index contributed by atoms with van der Waals surface area (Å²) in [5.74, 6) is -1.35. The molecule has 1 aliphatic rings. The largest absolute Gasteiger partial charge is 0.478 e. The van der Waals surface area contributed by atoms with Gasteiger partial charge < -0.3 is 29.5 Å². The first-order valence-electron chi connectivity index (χ1n) is 21.2. The number of rotatable bonds is 26. The first kappa shape index (κ1) is 52.4. The summed E-state index contributed by atoms with van der Waals surface area (Å²) in [4.78, 5) is 36.4. The van der Waals surface area contributed by atoms with E-state index in [1.807, 2.05) is 101 Å². The van der Waals surface area contributed by atoms with E-state index in [4.69, 9.17) is 19.3 Å². The van der Waals surface area contributed by atoms with E-state index in [9.17, 15) is 24.6 Å².